The van der Waals surface area contributed by atoms with E-state index in [-0.39, 0.29) is 12.0 Å². The molecule has 1 fully saturated rings. The summed E-state index contributed by atoms with van der Waals surface area (Å²) in [6, 6.07) is 4.14. The van der Waals surface area contributed by atoms with Crippen LogP contribution >= 0.6 is 0 Å². The van der Waals surface area contributed by atoms with Crippen LogP contribution in [0.3, 0.4) is 0 Å². The van der Waals surface area contributed by atoms with E-state index in [1.54, 1.807) is 17.3 Å². The van der Waals surface area contributed by atoms with Gasteiger partial charge in [-0.05, 0) is 53.5 Å². The van der Waals surface area contributed by atoms with Crippen LogP contribution in [0.4, 0.5) is 16.4 Å². The number of piperidine rings is 1. The smallest absolute Gasteiger partial charge is 0.410 e. The van der Waals surface area contributed by atoms with Crippen molar-refractivity contribution >= 4 is 28.8 Å². The van der Waals surface area contributed by atoms with Crippen LogP contribution in [0.15, 0.2) is 30.9 Å². The average molecular weight is 438 g/mol. The highest BCUT2D eigenvalue weighted by molar-refractivity contribution is 5.78. The number of likely N-dealkylation sites (tertiary alicyclic amines) is 1. The lowest BCUT2D eigenvalue weighted by atomic mass is 9.96. The second kappa shape index (κ2) is 8.72. The third-order valence-corrected chi connectivity index (χ3v) is 5.46. The fourth-order valence-electron chi connectivity index (χ4n) is 3.83. The summed E-state index contributed by atoms with van der Waals surface area (Å²) in [6.07, 6.45) is 6.73. The van der Waals surface area contributed by atoms with Gasteiger partial charge in [0.1, 0.15) is 28.6 Å². The molecular formula is C23H31N7O2. The molecule has 1 saturated heterocycles. The van der Waals surface area contributed by atoms with Crippen LogP contribution in [0.5, 0.6) is 0 Å². The van der Waals surface area contributed by atoms with Crippen molar-refractivity contribution in [1.29, 1.82) is 0 Å². The minimum atomic E-state index is -0.485. The normalized spacial score (nSPS) is 15.4. The molecule has 0 aliphatic carbocycles. The maximum absolute atomic E-state index is 12.3. The predicted molar refractivity (Wildman–Crippen MR) is 123 cm³/mol. The Bertz CT molecular complexity index is 1100. The summed E-state index contributed by atoms with van der Waals surface area (Å²) in [4.78, 5) is 32.2. The van der Waals surface area contributed by atoms with E-state index < -0.39 is 5.60 Å². The van der Waals surface area contributed by atoms with E-state index in [9.17, 15) is 4.79 Å². The summed E-state index contributed by atoms with van der Waals surface area (Å²) >= 11 is 0. The Balaban J connectivity index is 1.43. The molecule has 0 atom stereocenters. The Morgan fingerprint density at radius 3 is 2.59 bits per heavy atom. The van der Waals surface area contributed by atoms with Crippen molar-refractivity contribution in [2.24, 2.45) is 0 Å². The maximum Gasteiger partial charge on any atom is 0.410 e. The molecule has 0 bridgehead atoms. The van der Waals surface area contributed by atoms with Gasteiger partial charge in [0.05, 0.1) is 18.0 Å². The molecule has 1 aliphatic heterocycles. The number of hydrogen-bond donors (Lipinski definition) is 1. The number of imidazole rings is 1. The summed E-state index contributed by atoms with van der Waals surface area (Å²) in [7, 11) is 0. The van der Waals surface area contributed by atoms with Gasteiger partial charge in [0.15, 0.2) is 0 Å². The van der Waals surface area contributed by atoms with Crippen LogP contribution < -0.4 is 5.32 Å². The second-order valence-corrected chi connectivity index (χ2v) is 9.47. The van der Waals surface area contributed by atoms with Crippen molar-refractivity contribution in [2.75, 3.05) is 18.4 Å². The topological polar surface area (TPSA) is 98.1 Å². The SMILES string of the molecule is CC(C)n1cnc2cnc(Nc3ccnc(C4CCN(C(=O)OC(C)(C)C)CC4)n3)cc21. The second-order valence-electron chi connectivity index (χ2n) is 9.47. The molecule has 1 N–H and O–H groups in total. The van der Waals surface area contributed by atoms with E-state index in [2.05, 4.69) is 38.7 Å². The van der Waals surface area contributed by atoms with Crippen LogP contribution in [-0.4, -0.2) is 54.2 Å². The van der Waals surface area contributed by atoms with Gasteiger partial charge < -0.3 is 19.5 Å². The molecule has 170 valence electrons. The number of aromatic nitrogens is 5. The number of carbonyl (C=O) groups is 1. The standard InChI is InChI=1S/C23H31N7O2/c1-15(2)30-14-26-17-13-25-20(12-18(17)30)27-19-6-9-24-21(28-19)16-7-10-29(11-8-16)22(31)32-23(3,4)5/h6,9,12-16H,7-8,10-11H2,1-5H3,(H,24,25,27,28). The Morgan fingerprint density at radius 2 is 1.91 bits per heavy atom. The highest BCUT2D eigenvalue weighted by Gasteiger charge is 2.28. The first-order valence-corrected chi connectivity index (χ1v) is 11.1. The number of anilines is 2. The molecule has 9 nitrogen and oxygen atoms in total. The first-order chi connectivity index (χ1) is 15.2. The van der Waals surface area contributed by atoms with Gasteiger partial charge in [-0.3, -0.25) is 0 Å². The number of fused-ring (bicyclic) bond motifs is 1. The van der Waals surface area contributed by atoms with Gasteiger partial charge in [-0.1, -0.05) is 0 Å². The summed E-state index contributed by atoms with van der Waals surface area (Å²) < 4.78 is 7.60. The van der Waals surface area contributed by atoms with Crippen LogP contribution in [0.25, 0.3) is 11.0 Å². The molecule has 0 aromatic carbocycles. The monoisotopic (exact) mass is 437 g/mol. The number of carbonyl (C=O) groups excluding carboxylic acids is 1. The van der Waals surface area contributed by atoms with Gasteiger partial charge in [0, 0.05) is 37.3 Å². The molecule has 32 heavy (non-hydrogen) atoms. The summed E-state index contributed by atoms with van der Waals surface area (Å²) in [5.41, 5.74) is 1.41. The molecule has 3 aromatic heterocycles. The molecule has 0 saturated carbocycles. The zero-order valence-corrected chi connectivity index (χ0v) is 19.4. The van der Waals surface area contributed by atoms with Gasteiger partial charge in [0.25, 0.3) is 0 Å². The first kappa shape index (κ1) is 22.0. The molecular weight excluding hydrogens is 406 g/mol. The fourth-order valence-corrected chi connectivity index (χ4v) is 3.83. The highest BCUT2D eigenvalue weighted by atomic mass is 16.6. The third-order valence-electron chi connectivity index (χ3n) is 5.46. The summed E-state index contributed by atoms with van der Waals surface area (Å²) in [5.74, 6) is 2.40. The average Bonchev–Trinajstić information content (AvgIpc) is 3.16. The lowest BCUT2D eigenvalue weighted by Crippen LogP contribution is -2.41. The lowest BCUT2D eigenvalue weighted by Gasteiger charge is -2.32. The molecule has 0 radical (unpaired) electrons. The van der Waals surface area contributed by atoms with Crippen molar-refractivity contribution in [3.8, 4) is 0 Å². The number of hydrogen-bond acceptors (Lipinski definition) is 7. The molecule has 0 unspecified atom stereocenters. The van der Waals surface area contributed by atoms with E-state index in [1.165, 1.54) is 0 Å². The lowest BCUT2D eigenvalue weighted by molar-refractivity contribution is 0.0203. The number of pyridine rings is 1. The van der Waals surface area contributed by atoms with E-state index in [0.717, 1.165) is 29.7 Å². The Morgan fingerprint density at radius 1 is 1.16 bits per heavy atom. The van der Waals surface area contributed by atoms with Gasteiger partial charge in [0.2, 0.25) is 0 Å². The first-order valence-electron chi connectivity index (χ1n) is 11.1. The van der Waals surface area contributed by atoms with Crippen molar-refractivity contribution in [3.63, 3.8) is 0 Å². The number of rotatable bonds is 4. The molecule has 1 amide bonds. The van der Waals surface area contributed by atoms with Crippen molar-refractivity contribution < 1.29 is 9.53 Å². The Labute approximate surface area is 188 Å². The Hall–Kier alpha value is -3.23. The van der Waals surface area contributed by atoms with Crippen molar-refractivity contribution in [1.82, 2.24) is 29.4 Å². The van der Waals surface area contributed by atoms with Gasteiger partial charge in [-0.15, -0.1) is 0 Å². The zero-order chi connectivity index (χ0) is 22.9. The molecule has 1 aliphatic rings. The highest BCUT2D eigenvalue weighted by Crippen LogP contribution is 2.28. The molecule has 0 spiro atoms. The van der Waals surface area contributed by atoms with Crippen molar-refractivity contribution in [2.45, 2.75) is 65.0 Å². The largest absolute Gasteiger partial charge is 0.444 e. The maximum atomic E-state index is 12.3. The fraction of sp³-hybridized carbons (Fsp3) is 0.522. The predicted octanol–water partition coefficient (Wildman–Crippen LogP) is 4.66. The van der Waals surface area contributed by atoms with Crippen LogP contribution in [0.2, 0.25) is 0 Å². The number of amides is 1. The van der Waals surface area contributed by atoms with Gasteiger partial charge in [-0.25, -0.2) is 24.7 Å². The Kier molecular flexibility index (Phi) is 5.99. The van der Waals surface area contributed by atoms with E-state index in [1.807, 2.05) is 39.2 Å². The quantitative estimate of drug-likeness (QED) is 0.634. The number of ether oxygens (including phenoxy) is 1. The van der Waals surface area contributed by atoms with Gasteiger partial charge >= 0.3 is 6.09 Å². The summed E-state index contributed by atoms with van der Waals surface area (Å²) in [5, 5.41) is 3.30. The van der Waals surface area contributed by atoms with Gasteiger partial charge in [-0.2, -0.15) is 0 Å². The van der Waals surface area contributed by atoms with Crippen LogP contribution in [0, 0.1) is 0 Å². The van der Waals surface area contributed by atoms with E-state index in [0.29, 0.717) is 30.8 Å². The summed E-state index contributed by atoms with van der Waals surface area (Å²) in [6.45, 7) is 11.2. The number of nitrogens with one attached hydrogen (secondary N) is 1. The van der Waals surface area contributed by atoms with E-state index >= 15 is 0 Å². The molecule has 3 aromatic rings. The van der Waals surface area contributed by atoms with Crippen LogP contribution in [-0.2, 0) is 4.74 Å². The van der Waals surface area contributed by atoms with Crippen molar-refractivity contribution in [3.05, 3.63) is 36.7 Å². The minimum Gasteiger partial charge on any atom is -0.444 e. The van der Waals surface area contributed by atoms with Crippen LogP contribution in [0.1, 0.15) is 65.2 Å². The zero-order valence-electron chi connectivity index (χ0n) is 19.4. The third kappa shape index (κ3) is 4.98. The van der Waals surface area contributed by atoms with E-state index in [4.69, 9.17) is 9.72 Å². The molecule has 4 heterocycles. The molecule has 4 rings (SSSR count). The molecule has 9 heteroatoms. The number of nitrogens with zero attached hydrogens (tertiary/aromatic N) is 6. The minimum absolute atomic E-state index is 0.202.